The minimum Gasteiger partial charge on any atom is -0.341 e. The smallest absolute Gasteiger partial charge is 0.245 e. The molecule has 0 spiro atoms. The lowest BCUT2D eigenvalue weighted by Gasteiger charge is -2.45. The van der Waals surface area contributed by atoms with Gasteiger partial charge in [-0.3, -0.25) is 19.3 Å². The van der Waals surface area contributed by atoms with Crippen molar-refractivity contribution in [3.63, 3.8) is 0 Å². The predicted octanol–water partition coefficient (Wildman–Crippen LogP) is 4.01. The molecule has 2 aliphatic heterocycles. The van der Waals surface area contributed by atoms with E-state index < -0.39 is 17.9 Å². The summed E-state index contributed by atoms with van der Waals surface area (Å²) in [7, 11) is 0. The summed E-state index contributed by atoms with van der Waals surface area (Å²) in [6, 6.07) is 15.9. The summed E-state index contributed by atoms with van der Waals surface area (Å²) in [6.45, 7) is 1.44. The van der Waals surface area contributed by atoms with Crippen LogP contribution in [0.25, 0.3) is 0 Å². The number of imide groups is 1. The lowest BCUT2D eigenvalue weighted by molar-refractivity contribution is -0.152. The number of carbonyl (C=O) groups is 3. The third-order valence-electron chi connectivity index (χ3n) is 8.34. The Hall–Kier alpha value is -2.60. The number of thioether (sulfide) groups is 1. The fraction of sp³-hybridized carbons (Fsp3) is 0.464. The molecule has 3 aliphatic carbocycles. The maximum atomic E-state index is 14.1. The summed E-state index contributed by atoms with van der Waals surface area (Å²) in [5.41, 5.74) is 4.66. The highest BCUT2D eigenvalue weighted by Gasteiger charge is 2.63. The quantitative estimate of drug-likeness (QED) is 0.615. The number of rotatable bonds is 5. The van der Waals surface area contributed by atoms with Gasteiger partial charge < -0.3 is 4.90 Å². The molecule has 0 saturated carbocycles. The lowest BCUT2D eigenvalue weighted by Crippen LogP contribution is -2.52. The molecule has 2 bridgehead atoms. The summed E-state index contributed by atoms with van der Waals surface area (Å²) in [5.74, 6) is -0.705. The van der Waals surface area contributed by atoms with Crippen molar-refractivity contribution in [3.8, 4) is 0 Å². The molecule has 3 atom stereocenters. The van der Waals surface area contributed by atoms with Crippen LogP contribution in [-0.4, -0.2) is 58.7 Å². The maximum Gasteiger partial charge on any atom is 0.245 e. The lowest BCUT2D eigenvalue weighted by atomic mass is 9.55. The van der Waals surface area contributed by atoms with Crippen LogP contribution < -0.4 is 0 Å². The Morgan fingerprint density at radius 2 is 1.32 bits per heavy atom. The molecular formula is C28H30N2O3S. The van der Waals surface area contributed by atoms with Crippen molar-refractivity contribution in [1.82, 2.24) is 9.80 Å². The summed E-state index contributed by atoms with van der Waals surface area (Å²) in [5, 5.41) is 0. The Kier molecular flexibility index (Phi) is 5.51. The van der Waals surface area contributed by atoms with Gasteiger partial charge >= 0.3 is 0 Å². The summed E-state index contributed by atoms with van der Waals surface area (Å²) >= 11 is 1.65. The van der Waals surface area contributed by atoms with Gasteiger partial charge in [-0.1, -0.05) is 48.5 Å². The fourth-order valence-electron chi connectivity index (χ4n) is 6.93. The van der Waals surface area contributed by atoms with Crippen LogP contribution in [0.3, 0.4) is 0 Å². The molecule has 5 aliphatic rings. The molecule has 34 heavy (non-hydrogen) atoms. The second-order valence-electron chi connectivity index (χ2n) is 9.99. The Morgan fingerprint density at radius 3 is 1.76 bits per heavy atom. The molecular weight excluding hydrogens is 444 g/mol. The Balaban J connectivity index is 1.42. The fourth-order valence-corrected chi connectivity index (χ4v) is 7.38. The number of nitrogens with zero attached hydrogens (tertiary/aromatic N) is 2. The van der Waals surface area contributed by atoms with Crippen molar-refractivity contribution < 1.29 is 14.4 Å². The van der Waals surface area contributed by atoms with Gasteiger partial charge in [0.15, 0.2) is 0 Å². The SMILES string of the molecule is CSCCC(C(=O)N1CCCCC1)N1C(=O)C2C3c4ccccc4C(c4ccccc43)C2C1=O. The third kappa shape index (κ3) is 3.10. The molecule has 176 valence electrons. The van der Waals surface area contributed by atoms with Crippen LogP contribution >= 0.6 is 11.8 Å². The molecule has 6 heteroatoms. The van der Waals surface area contributed by atoms with Crippen LogP contribution in [-0.2, 0) is 14.4 Å². The van der Waals surface area contributed by atoms with E-state index in [9.17, 15) is 14.4 Å². The number of piperidine rings is 1. The molecule has 3 unspecified atom stereocenters. The highest BCUT2D eigenvalue weighted by atomic mass is 32.2. The van der Waals surface area contributed by atoms with E-state index in [1.807, 2.05) is 35.4 Å². The number of benzene rings is 2. The first-order valence-electron chi connectivity index (χ1n) is 12.5. The van der Waals surface area contributed by atoms with Crippen LogP contribution in [0.4, 0.5) is 0 Å². The van der Waals surface area contributed by atoms with Gasteiger partial charge in [-0.05, 0) is 59.9 Å². The van der Waals surface area contributed by atoms with Crippen molar-refractivity contribution in [2.45, 2.75) is 43.6 Å². The van der Waals surface area contributed by atoms with E-state index in [0.717, 1.165) is 38.1 Å². The molecule has 2 aromatic rings. The van der Waals surface area contributed by atoms with Gasteiger partial charge in [-0.25, -0.2) is 0 Å². The normalized spacial score (nSPS) is 27.9. The van der Waals surface area contributed by atoms with Crippen LogP contribution in [0.1, 0.15) is 59.8 Å². The molecule has 3 amide bonds. The highest BCUT2D eigenvalue weighted by molar-refractivity contribution is 7.98. The van der Waals surface area contributed by atoms with E-state index in [-0.39, 0.29) is 29.6 Å². The summed E-state index contributed by atoms with van der Waals surface area (Å²) in [6.07, 6.45) is 5.63. The van der Waals surface area contributed by atoms with Crippen molar-refractivity contribution in [2.24, 2.45) is 11.8 Å². The molecule has 0 aromatic heterocycles. The van der Waals surface area contributed by atoms with Crippen molar-refractivity contribution >= 4 is 29.5 Å². The molecule has 2 aromatic carbocycles. The first-order chi connectivity index (χ1) is 16.6. The number of hydrogen-bond acceptors (Lipinski definition) is 4. The zero-order valence-electron chi connectivity index (χ0n) is 19.5. The number of amides is 3. The first-order valence-corrected chi connectivity index (χ1v) is 13.8. The van der Waals surface area contributed by atoms with Gasteiger partial charge in [-0.2, -0.15) is 11.8 Å². The van der Waals surface area contributed by atoms with E-state index in [4.69, 9.17) is 0 Å². The van der Waals surface area contributed by atoms with Gasteiger partial charge in [0, 0.05) is 24.9 Å². The molecule has 0 radical (unpaired) electrons. The van der Waals surface area contributed by atoms with Crippen LogP contribution in [0, 0.1) is 11.8 Å². The predicted molar refractivity (Wildman–Crippen MR) is 133 cm³/mol. The number of carbonyl (C=O) groups excluding carboxylic acids is 3. The van der Waals surface area contributed by atoms with Crippen molar-refractivity contribution in [2.75, 3.05) is 25.1 Å². The van der Waals surface area contributed by atoms with E-state index in [0.29, 0.717) is 6.42 Å². The highest BCUT2D eigenvalue weighted by Crippen LogP contribution is 2.61. The van der Waals surface area contributed by atoms with E-state index >= 15 is 0 Å². The summed E-state index contributed by atoms with van der Waals surface area (Å²) in [4.78, 5) is 45.1. The van der Waals surface area contributed by atoms with E-state index in [2.05, 4.69) is 24.3 Å². The first kappa shape index (κ1) is 21.9. The molecule has 2 heterocycles. The molecule has 5 nitrogen and oxygen atoms in total. The summed E-state index contributed by atoms with van der Waals surface area (Å²) < 4.78 is 0. The molecule has 0 N–H and O–H groups in total. The van der Waals surface area contributed by atoms with Gasteiger partial charge in [0.25, 0.3) is 0 Å². The van der Waals surface area contributed by atoms with E-state index in [1.54, 1.807) is 11.8 Å². The average Bonchev–Trinajstić information content (AvgIpc) is 3.15. The maximum absolute atomic E-state index is 14.1. The number of hydrogen-bond donors (Lipinski definition) is 0. The van der Waals surface area contributed by atoms with Gasteiger partial charge in [-0.15, -0.1) is 0 Å². The second kappa shape index (κ2) is 8.56. The third-order valence-corrected chi connectivity index (χ3v) is 8.99. The molecule has 2 saturated heterocycles. The van der Waals surface area contributed by atoms with E-state index in [1.165, 1.54) is 27.2 Å². The average molecular weight is 475 g/mol. The Labute approximate surface area is 204 Å². The van der Waals surface area contributed by atoms with Crippen molar-refractivity contribution in [3.05, 3.63) is 70.8 Å². The standard InChI is InChI=1S/C28H30N2O3S/c1-34-16-13-21(26(31)29-14-7-2-8-15-29)30-27(32)24-22-17-9-3-4-10-18(17)23(25(24)28(30)33)20-12-6-5-11-19(20)22/h3-6,9-12,21-25H,2,7-8,13-16H2,1H3. The number of likely N-dealkylation sites (tertiary alicyclic amines) is 2. The Morgan fingerprint density at radius 1 is 0.853 bits per heavy atom. The van der Waals surface area contributed by atoms with Gasteiger partial charge in [0.1, 0.15) is 6.04 Å². The van der Waals surface area contributed by atoms with Gasteiger partial charge in [0.05, 0.1) is 11.8 Å². The van der Waals surface area contributed by atoms with Gasteiger partial charge in [0.2, 0.25) is 17.7 Å². The monoisotopic (exact) mass is 474 g/mol. The molecule has 7 rings (SSSR count). The topological polar surface area (TPSA) is 57.7 Å². The van der Waals surface area contributed by atoms with Crippen LogP contribution in [0.2, 0.25) is 0 Å². The Bertz CT molecular complexity index is 1040. The van der Waals surface area contributed by atoms with Crippen molar-refractivity contribution in [1.29, 1.82) is 0 Å². The van der Waals surface area contributed by atoms with Crippen LogP contribution in [0.5, 0.6) is 0 Å². The largest absolute Gasteiger partial charge is 0.341 e. The minimum absolute atomic E-state index is 0.0449. The second-order valence-corrected chi connectivity index (χ2v) is 11.0. The van der Waals surface area contributed by atoms with Crippen LogP contribution in [0.15, 0.2) is 48.5 Å². The molecule has 2 fully saturated rings. The zero-order valence-corrected chi connectivity index (χ0v) is 20.3. The zero-order chi connectivity index (χ0) is 23.4. The minimum atomic E-state index is -0.693.